The molecule has 1 rings (SSSR count). The van der Waals surface area contributed by atoms with Gasteiger partial charge in [-0.15, -0.1) is 0 Å². The fourth-order valence-corrected chi connectivity index (χ4v) is 1.85. The molecule has 0 aliphatic carbocycles. The molecule has 2 N–H and O–H groups in total. The Bertz CT molecular complexity index is 539. The second kappa shape index (κ2) is 5.37. The Morgan fingerprint density at radius 3 is 2.17 bits per heavy atom. The van der Waals surface area contributed by atoms with Crippen molar-refractivity contribution in [1.82, 2.24) is 0 Å². The van der Waals surface area contributed by atoms with Gasteiger partial charge < -0.3 is 10.4 Å². The van der Waals surface area contributed by atoms with E-state index in [1.807, 2.05) is 32.9 Å². The topological polar surface area (TPSA) is 73.1 Å². The summed E-state index contributed by atoms with van der Waals surface area (Å²) < 4.78 is 0. The van der Waals surface area contributed by atoms with Crippen LogP contribution in [0.15, 0.2) is 23.5 Å². The largest absolute Gasteiger partial charge is 0.511 e. The zero-order chi connectivity index (χ0) is 13.9. The lowest BCUT2D eigenvalue weighted by molar-refractivity contribution is -0.112. The Morgan fingerprint density at radius 1 is 1.28 bits per heavy atom. The van der Waals surface area contributed by atoms with E-state index >= 15 is 0 Å². The normalized spacial score (nSPS) is 11.5. The highest BCUT2D eigenvalue weighted by Gasteiger charge is 2.15. The van der Waals surface area contributed by atoms with Crippen LogP contribution in [0.1, 0.15) is 23.6 Å². The fourth-order valence-electron chi connectivity index (χ4n) is 1.85. The third-order valence-corrected chi connectivity index (χ3v) is 2.62. The lowest BCUT2D eigenvalue weighted by Crippen LogP contribution is -2.16. The van der Waals surface area contributed by atoms with Crippen molar-refractivity contribution in [2.75, 3.05) is 5.32 Å². The molecule has 0 radical (unpaired) electrons. The zero-order valence-corrected chi connectivity index (χ0v) is 11.0. The van der Waals surface area contributed by atoms with E-state index in [-0.39, 0.29) is 11.3 Å². The molecule has 0 saturated carbocycles. The first-order valence-electron chi connectivity index (χ1n) is 5.56. The second-order valence-electron chi connectivity index (χ2n) is 4.30. The van der Waals surface area contributed by atoms with Crippen molar-refractivity contribution in [3.8, 4) is 6.07 Å². The molecule has 0 bridgehead atoms. The minimum absolute atomic E-state index is 0.269. The van der Waals surface area contributed by atoms with Gasteiger partial charge in [0.2, 0.25) is 0 Å². The molecule has 0 saturated heterocycles. The molecule has 4 nitrogen and oxygen atoms in total. The number of carbonyl (C=O) groups excluding carboxylic acids is 1. The van der Waals surface area contributed by atoms with Crippen LogP contribution in [0.25, 0.3) is 0 Å². The fraction of sp³-hybridized carbons (Fsp3) is 0.286. The number of hydrogen-bond donors (Lipinski definition) is 2. The first-order chi connectivity index (χ1) is 8.36. The van der Waals surface area contributed by atoms with Gasteiger partial charge in [0.15, 0.2) is 5.57 Å². The summed E-state index contributed by atoms with van der Waals surface area (Å²) in [6, 6.07) is 5.59. The smallest absolute Gasteiger partial charge is 0.269 e. The number of amides is 1. The number of nitriles is 1. The molecule has 0 aliphatic heterocycles. The van der Waals surface area contributed by atoms with Gasteiger partial charge in [0.25, 0.3) is 5.91 Å². The van der Waals surface area contributed by atoms with Crippen molar-refractivity contribution in [2.24, 2.45) is 0 Å². The molecule has 0 fully saturated rings. The van der Waals surface area contributed by atoms with E-state index in [0.717, 1.165) is 16.7 Å². The van der Waals surface area contributed by atoms with E-state index in [2.05, 4.69) is 5.32 Å². The Labute approximate surface area is 107 Å². The molecule has 0 heterocycles. The van der Waals surface area contributed by atoms with E-state index in [1.165, 1.54) is 6.92 Å². The SMILES string of the molecule is C/C(O)=C(\C#N)C(=O)Nc1c(C)cc(C)cc1C. The molecule has 0 unspecified atom stereocenters. The van der Waals surface area contributed by atoms with Gasteiger partial charge in [0.1, 0.15) is 11.8 Å². The lowest BCUT2D eigenvalue weighted by Gasteiger charge is -2.12. The Kier molecular flexibility index (Phi) is 4.11. The van der Waals surface area contributed by atoms with Gasteiger partial charge in [-0.1, -0.05) is 17.7 Å². The number of allylic oxidation sites excluding steroid dienone is 1. The molecular weight excluding hydrogens is 228 g/mol. The third kappa shape index (κ3) is 2.89. The van der Waals surface area contributed by atoms with Gasteiger partial charge in [0.05, 0.1) is 0 Å². The van der Waals surface area contributed by atoms with Crippen LogP contribution in [0.4, 0.5) is 5.69 Å². The monoisotopic (exact) mass is 244 g/mol. The van der Waals surface area contributed by atoms with Crippen LogP contribution in [0.5, 0.6) is 0 Å². The molecule has 1 aromatic rings. The van der Waals surface area contributed by atoms with Crippen LogP contribution in [0.3, 0.4) is 0 Å². The first kappa shape index (κ1) is 13.8. The van der Waals surface area contributed by atoms with E-state index in [4.69, 9.17) is 5.26 Å². The second-order valence-corrected chi connectivity index (χ2v) is 4.30. The zero-order valence-electron chi connectivity index (χ0n) is 11.0. The summed E-state index contributed by atoms with van der Waals surface area (Å²) in [6.07, 6.45) is 0. The van der Waals surface area contributed by atoms with Crippen LogP contribution in [0.2, 0.25) is 0 Å². The molecule has 18 heavy (non-hydrogen) atoms. The van der Waals surface area contributed by atoms with Crippen molar-refractivity contribution >= 4 is 11.6 Å². The van der Waals surface area contributed by atoms with E-state index in [9.17, 15) is 9.90 Å². The Balaban J connectivity index is 3.11. The van der Waals surface area contributed by atoms with Gasteiger partial charge in [-0.05, 0) is 38.8 Å². The van der Waals surface area contributed by atoms with Gasteiger partial charge in [0, 0.05) is 5.69 Å². The molecule has 4 heteroatoms. The summed E-state index contributed by atoms with van der Waals surface area (Å²) in [5, 5.41) is 20.7. The average molecular weight is 244 g/mol. The van der Waals surface area contributed by atoms with Gasteiger partial charge >= 0.3 is 0 Å². The molecule has 1 aromatic carbocycles. The van der Waals surface area contributed by atoms with Gasteiger partial charge in [-0.3, -0.25) is 4.79 Å². The van der Waals surface area contributed by atoms with Crippen LogP contribution in [0, 0.1) is 32.1 Å². The van der Waals surface area contributed by atoms with E-state index in [0.29, 0.717) is 5.69 Å². The summed E-state index contributed by atoms with van der Waals surface area (Å²) in [6.45, 7) is 7.06. The van der Waals surface area contributed by atoms with Crippen LogP contribution < -0.4 is 5.32 Å². The minimum Gasteiger partial charge on any atom is -0.511 e. The molecule has 94 valence electrons. The van der Waals surface area contributed by atoms with Crippen molar-refractivity contribution in [3.63, 3.8) is 0 Å². The molecule has 0 aromatic heterocycles. The highest BCUT2D eigenvalue weighted by molar-refractivity contribution is 6.07. The van der Waals surface area contributed by atoms with Crippen molar-refractivity contribution in [2.45, 2.75) is 27.7 Å². The van der Waals surface area contributed by atoms with Crippen LogP contribution in [-0.2, 0) is 4.79 Å². The first-order valence-corrected chi connectivity index (χ1v) is 5.56. The molecular formula is C14H16N2O2. The number of nitrogens with zero attached hydrogens (tertiary/aromatic N) is 1. The third-order valence-electron chi connectivity index (χ3n) is 2.62. The van der Waals surface area contributed by atoms with E-state index in [1.54, 1.807) is 6.07 Å². The molecule has 1 amide bonds. The van der Waals surface area contributed by atoms with Gasteiger partial charge in [-0.25, -0.2) is 0 Å². The number of carbonyl (C=O) groups is 1. The number of rotatable bonds is 2. The van der Waals surface area contributed by atoms with Gasteiger partial charge in [-0.2, -0.15) is 5.26 Å². The molecule has 0 spiro atoms. The maximum absolute atomic E-state index is 11.8. The highest BCUT2D eigenvalue weighted by atomic mass is 16.3. The highest BCUT2D eigenvalue weighted by Crippen LogP contribution is 2.22. The van der Waals surface area contributed by atoms with E-state index < -0.39 is 5.91 Å². The Morgan fingerprint density at radius 2 is 1.78 bits per heavy atom. The standard InChI is InChI=1S/C14H16N2O2/c1-8-5-9(2)13(10(3)6-8)16-14(18)12(7-15)11(4)17/h5-6,17H,1-4H3,(H,16,18)/b12-11-. The van der Waals surface area contributed by atoms with Crippen molar-refractivity contribution in [3.05, 3.63) is 40.2 Å². The summed E-state index contributed by atoms with van der Waals surface area (Å²) >= 11 is 0. The quantitative estimate of drug-likeness (QED) is 0.477. The number of aliphatic hydroxyl groups excluding tert-OH is 1. The number of benzene rings is 1. The Hall–Kier alpha value is -2.28. The number of nitrogens with one attached hydrogen (secondary N) is 1. The summed E-state index contributed by atoms with van der Waals surface area (Å²) in [7, 11) is 0. The summed E-state index contributed by atoms with van der Waals surface area (Å²) in [4.78, 5) is 11.8. The maximum atomic E-state index is 11.8. The molecule has 0 aliphatic rings. The average Bonchev–Trinajstić information content (AvgIpc) is 2.23. The number of aliphatic hydroxyl groups is 1. The number of aryl methyl sites for hydroxylation is 3. The molecule has 0 atom stereocenters. The number of anilines is 1. The minimum atomic E-state index is -0.590. The number of hydrogen-bond acceptors (Lipinski definition) is 3. The maximum Gasteiger partial charge on any atom is 0.269 e. The summed E-state index contributed by atoms with van der Waals surface area (Å²) in [5.41, 5.74) is 3.37. The van der Waals surface area contributed by atoms with Crippen molar-refractivity contribution in [1.29, 1.82) is 5.26 Å². The van der Waals surface area contributed by atoms with Crippen LogP contribution in [-0.4, -0.2) is 11.0 Å². The lowest BCUT2D eigenvalue weighted by atomic mass is 10.0. The predicted molar refractivity (Wildman–Crippen MR) is 70.2 cm³/mol. The summed E-state index contributed by atoms with van der Waals surface area (Å²) in [5.74, 6) is -0.870. The van der Waals surface area contributed by atoms with Crippen LogP contribution >= 0.6 is 0 Å². The predicted octanol–water partition coefficient (Wildman–Crippen LogP) is 2.91. The van der Waals surface area contributed by atoms with Crippen molar-refractivity contribution < 1.29 is 9.90 Å².